The lowest BCUT2D eigenvalue weighted by Crippen LogP contribution is -2.39. The second-order valence-electron chi connectivity index (χ2n) is 5.42. The van der Waals surface area contributed by atoms with Crippen LogP contribution in [0, 0.1) is 0 Å². The van der Waals surface area contributed by atoms with Crippen molar-refractivity contribution in [3.8, 4) is 0 Å². The highest BCUT2D eigenvalue weighted by molar-refractivity contribution is 6.31. The van der Waals surface area contributed by atoms with Crippen LogP contribution in [0.2, 0.25) is 5.02 Å². The topological polar surface area (TPSA) is 32.3 Å². The van der Waals surface area contributed by atoms with E-state index in [4.69, 9.17) is 11.6 Å². The van der Waals surface area contributed by atoms with Crippen molar-refractivity contribution in [2.45, 2.75) is 38.6 Å². The lowest BCUT2D eigenvalue weighted by atomic mass is 10.1. The molecular formula is C16H23ClN2O. The summed E-state index contributed by atoms with van der Waals surface area (Å²) >= 11 is 6.17. The van der Waals surface area contributed by atoms with Crippen LogP contribution in [-0.2, 0) is 4.79 Å². The zero-order chi connectivity index (χ0) is 14.4. The lowest BCUT2D eigenvalue weighted by Gasteiger charge is -2.22. The second-order valence-corrected chi connectivity index (χ2v) is 5.83. The molecule has 1 amide bonds. The summed E-state index contributed by atoms with van der Waals surface area (Å²) in [7, 11) is 0. The number of rotatable bonds is 4. The summed E-state index contributed by atoms with van der Waals surface area (Å²) in [5.74, 6) is 0.200. The zero-order valence-electron chi connectivity index (χ0n) is 12.1. The number of likely N-dealkylation sites (tertiary alicyclic amines) is 1. The second kappa shape index (κ2) is 7.65. The summed E-state index contributed by atoms with van der Waals surface area (Å²) < 4.78 is 0. The molecule has 1 fully saturated rings. The first-order chi connectivity index (χ1) is 9.68. The molecule has 0 radical (unpaired) electrons. The highest BCUT2D eigenvalue weighted by Gasteiger charge is 2.16. The van der Waals surface area contributed by atoms with Crippen molar-refractivity contribution >= 4 is 17.5 Å². The molecule has 3 nitrogen and oxygen atoms in total. The van der Waals surface area contributed by atoms with E-state index < -0.39 is 0 Å². The molecule has 1 aliphatic rings. The first-order valence-electron chi connectivity index (χ1n) is 7.44. The van der Waals surface area contributed by atoms with E-state index in [1.165, 1.54) is 12.8 Å². The Balaban J connectivity index is 1.85. The zero-order valence-corrected chi connectivity index (χ0v) is 12.8. The van der Waals surface area contributed by atoms with E-state index in [2.05, 4.69) is 5.32 Å². The molecule has 1 atom stereocenters. The van der Waals surface area contributed by atoms with Crippen molar-refractivity contribution in [2.24, 2.45) is 0 Å². The van der Waals surface area contributed by atoms with Crippen LogP contribution >= 0.6 is 11.6 Å². The molecule has 1 aliphatic heterocycles. The molecule has 20 heavy (non-hydrogen) atoms. The Bertz CT molecular complexity index is 442. The van der Waals surface area contributed by atoms with Gasteiger partial charge in [-0.1, -0.05) is 42.6 Å². The molecule has 1 aromatic carbocycles. The maximum atomic E-state index is 12.2. The quantitative estimate of drug-likeness (QED) is 0.923. The molecule has 1 aromatic rings. The molecule has 0 saturated carbocycles. The maximum absolute atomic E-state index is 12.2. The first kappa shape index (κ1) is 15.3. The fraction of sp³-hybridized carbons (Fsp3) is 0.562. The summed E-state index contributed by atoms with van der Waals surface area (Å²) in [6.45, 7) is 4.23. The molecule has 0 unspecified atom stereocenters. The smallest absolute Gasteiger partial charge is 0.236 e. The van der Waals surface area contributed by atoms with Crippen LogP contribution in [0.5, 0.6) is 0 Å². The van der Waals surface area contributed by atoms with Crippen molar-refractivity contribution in [1.82, 2.24) is 10.2 Å². The largest absolute Gasteiger partial charge is 0.342 e. The molecule has 1 saturated heterocycles. The average molecular weight is 295 g/mol. The van der Waals surface area contributed by atoms with E-state index in [0.717, 1.165) is 36.5 Å². The van der Waals surface area contributed by atoms with Crippen LogP contribution in [-0.4, -0.2) is 30.4 Å². The molecule has 0 aromatic heterocycles. The minimum atomic E-state index is 0.0830. The van der Waals surface area contributed by atoms with Crippen LogP contribution in [0.4, 0.5) is 0 Å². The molecule has 4 heteroatoms. The van der Waals surface area contributed by atoms with Crippen LogP contribution in [0.3, 0.4) is 0 Å². The normalized spacial score (nSPS) is 17.6. The highest BCUT2D eigenvalue weighted by Crippen LogP contribution is 2.21. The van der Waals surface area contributed by atoms with Crippen molar-refractivity contribution < 1.29 is 4.79 Å². The number of nitrogens with zero attached hydrogens (tertiary/aromatic N) is 1. The monoisotopic (exact) mass is 294 g/mol. The number of amides is 1. The maximum Gasteiger partial charge on any atom is 0.236 e. The molecule has 0 bridgehead atoms. The SMILES string of the molecule is C[C@@H](NCC(=O)N1CCCCCC1)c1ccccc1Cl. The summed E-state index contributed by atoms with van der Waals surface area (Å²) in [5.41, 5.74) is 1.04. The number of halogens is 1. The summed E-state index contributed by atoms with van der Waals surface area (Å²) in [5, 5.41) is 4.03. The number of hydrogen-bond donors (Lipinski definition) is 1. The van der Waals surface area contributed by atoms with Crippen LogP contribution in [0.15, 0.2) is 24.3 Å². The minimum Gasteiger partial charge on any atom is -0.342 e. The molecular weight excluding hydrogens is 272 g/mol. The third kappa shape index (κ3) is 4.22. The van der Waals surface area contributed by atoms with E-state index in [1.54, 1.807) is 0 Å². The van der Waals surface area contributed by atoms with Gasteiger partial charge in [0.25, 0.3) is 0 Å². The Labute approximate surface area is 126 Å². The molecule has 1 heterocycles. The van der Waals surface area contributed by atoms with E-state index >= 15 is 0 Å². The van der Waals surface area contributed by atoms with Gasteiger partial charge in [-0.05, 0) is 31.4 Å². The Hall–Kier alpha value is -1.06. The van der Waals surface area contributed by atoms with Gasteiger partial charge in [0.1, 0.15) is 0 Å². The van der Waals surface area contributed by atoms with E-state index in [9.17, 15) is 4.79 Å². The fourth-order valence-corrected chi connectivity index (χ4v) is 2.91. The standard InChI is InChI=1S/C16H23ClN2O/c1-13(14-8-4-5-9-15(14)17)18-12-16(20)19-10-6-2-3-7-11-19/h4-5,8-9,13,18H,2-3,6-7,10-12H2,1H3/t13-/m1/s1. The van der Waals surface area contributed by atoms with Gasteiger partial charge < -0.3 is 10.2 Å². The van der Waals surface area contributed by atoms with Crippen molar-refractivity contribution in [3.63, 3.8) is 0 Å². The van der Waals surface area contributed by atoms with E-state index in [0.29, 0.717) is 6.54 Å². The van der Waals surface area contributed by atoms with Gasteiger partial charge in [-0.15, -0.1) is 0 Å². The van der Waals surface area contributed by atoms with Crippen LogP contribution in [0.25, 0.3) is 0 Å². The Morgan fingerprint density at radius 1 is 1.25 bits per heavy atom. The number of hydrogen-bond acceptors (Lipinski definition) is 2. The molecule has 110 valence electrons. The summed E-state index contributed by atoms with van der Waals surface area (Å²) in [4.78, 5) is 14.2. The molecule has 2 rings (SSSR count). The van der Waals surface area contributed by atoms with Gasteiger partial charge in [-0.2, -0.15) is 0 Å². The van der Waals surface area contributed by atoms with Gasteiger partial charge in [-0.25, -0.2) is 0 Å². The van der Waals surface area contributed by atoms with Gasteiger partial charge in [-0.3, -0.25) is 4.79 Å². The summed E-state index contributed by atoms with van der Waals surface area (Å²) in [6.07, 6.45) is 4.75. The highest BCUT2D eigenvalue weighted by atomic mass is 35.5. The van der Waals surface area contributed by atoms with Gasteiger partial charge in [0.2, 0.25) is 5.91 Å². The van der Waals surface area contributed by atoms with E-state index in [-0.39, 0.29) is 11.9 Å². The number of carbonyl (C=O) groups is 1. The molecule has 0 aliphatic carbocycles. The van der Waals surface area contributed by atoms with Crippen molar-refractivity contribution in [2.75, 3.05) is 19.6 Å². The Kier molecular flexibility index (Phi) is 5.86. The Morgan fingerprint density at radius 2 is 1.90 bits per heavy atom. The number of nitrogens with one attached hydrogen (secondary N) is 1. The minimum absolute atomic E-state index is 0.0830. The van der Waals surface area contributed by atoms with E-state index in [1.807, 2.05) is 36.1 Å². The summed E-state index contributed by atoms with van der Waals surface area (Å²) in [6, 6.07) is 7.85. The fourth-order valence-electron chi connectivity index (χ4n) is 2.61. The predicted molar refractivity (Wildman–Crippen MR) is 82.9 cm³/mol. The third-order valence-electron chi connectivity index (χ3n) is 3.89. The van der Waals surface area contributed by atoms with Crippen molar-refractivity contribution in [3.05, 3.63) is 34.9 Å². The van der Waals surface area contributed by atoms with Crippen molar-refractivity contribution in [1.29, 1.82) is 0 Å². The third-order valence-corrected chi connectivity index (χ3v) is 4.23. The predicted octanol–water partition coefficient (Wildman–Crippen LogP) is 3.39. The average Bonchev–Trinajstić information content (AvgIpc) is 2.74. The first-order valence-corrected chi connectivity index (χ1v) is 7.82. The number of benzene rings is 1. The van der Waals surface area contributed by atoms with Gasteiger partial charge in [0, 0.05) is 24.2 Å². The molecule has 1 N–H and O–H groups in total. The van der Waals surface area contributed by atoms with Crippen LogP contribution in [0.1, 0.15) is 44.2 Å². The van der Waals surface area contributed by atoms with Gasteiger partial charge >= 0.3 is 0 Å². The Morgan fingerprint density at radius 3 is 2.55 bits per heavy atom. The van der Waals surface area contributed by atoms with Crippen LogP contribution < -0.4 is 5.32 Å². The molecule has 0 spiro atoms. The lowest BCUT2D eigenvalue weighted by molar-refractivity contribution is -0.130. The number of carbonyl (C=O) groups excluding carboxylic acids is 1. The van der Waals surface area contributed by atoms with Gasteiger partial charge in [0.05, 0.1) is 6.54 Å². The van der Waals surface area contributed by atoms with Gasteiger partial charge in [0.15, 0.2) is 0 Å².